The topological polar surface area (TPSA) is 111 Å². The number of quaternary nitrogens is 1. The summed E-state index contributed by atoms with van der Waals surface area (Å²) in [6.45, 7) is 4.44. The molecule has 0 spiro atoms. The van der Waals surface area contributed by atoms with Crippen LogP contribution in [0.2, 0.25) is 0 Å². The Morgan fingerprint density at radius 2 is 0.806 bits per heavy atom. The van der Waals surface area contributed by atoms with Gasteiger partial charge in [-0.25, -0.2) is 0 Å². The van der Waals surface area contributed by atoms with E-state index in [4.69, 9.17) is 18.9 Å². The minimum Gasteiger partial charge on any atom is -0.545 e. The van der Waals surface area contributed by atoms with E-state index >= 15 is 0 Å². The summed E-state index contributed by atoms with van der Waals surface area (Å²) in [5.41, 5.74) is 0. The maximum atomic E-state index is 12.8. The first-order chi connectivity index (χ1) is 32.6. The van der Waals surface area contributed by atoms with E-state index < -0.39 is 24.3 Å². The second-order valence-electron chi connectivity index (χ2n) is 17.7. The van der Waals surface area contributed by atoms with Crippen molar-refractivity contribution in [3.8, 4) is 0 Å². The lowest BCUT2D eigenvalue weighted by Gasteiger charge is -2.26. The van der Waals surface area contributed by atoms with Crippen molar-refractivity contribution in [1.82, 2.24) is 0 Å². The Balaban J connectivity index is 4.46. The summed E-state index contributed by atoms with van der Waals surface area (Å²) in [6, 6.07) is 0. The predicted octanol–water partition coefficient (Wildman–Crippen LogP) is 13.2. The molecule has 2 atom stereocenters. The van der Waals surface area contributed by atoms with Gasteiger partial charge in [-0.1, -0.05) is 174 Å². The number of carboxylic acids is 1. The molecule has 0 aliphatic rings. The van der Waals surface area contributed by atoms with Gasteiger partial charge in [0.15, 0.2) is 12.4 Å². The average molecular weight is 932 g/mol. The summed E-state index contributed by atoms with van der Waals surface area (Å²) in [4.78, 5) is 37.2. The van der Waals surface area contributed by atoms with E-state index in [2.05, 4.69) is 135 Å². The highest BCUT2D eigenvalue weighted by molar-refractivity contribution is 5.70. The molecule has 0 amide bonds. The van der Waals surface area contributed by atoms with Crippen LogP contribution in [0.1, 0.15) is 168 Å². The zero-order chi connectivity index (χ0) is 49.2. The van der Waals surface area contributed by atoms with Crippen molar-refractivity contribution in [2.45, 2.75) is 180 Å². The van der Waals surface area contributed by atoms with Gasteiger partial charge in [-0.2, -0.15) is 0 Å². The number of ether oxygens (including phenoxy) is 4. The van der Waals surface area contributed by atoms with Crippen molar-refractivity contribution in [3.05, 3.63) is 122 Å². The third kappa shape index (κ3) is 49.4. The number of esters is 2. The number of nitrogens with zero attached hydrogens (tertiary/aromatic N) is 1. The SMILES string of the molecule is CC/C=C\C/C=C\C/C=C\C/C=C\C/C=C\C/C=C\C/C=C\CCCCCC(=O)OC(COC(=O)CCCCCCCCC/C=C\C/C=C\C/C=C\CC)COC(OCC[N+](C)(C)C)C(=O)[O-]. The number of carboxylic acid groups (broad SMARTS) is 1. The molecule has 67 heavy (non-hydrogen) atoms. The van der Waals surface area contributed by atoms with Crippen molar-refractivity contribution in [3.63, 3.8) is 0 Å². The zero-order valence-electron chi connectivity index (χ0n) is 42.7. The van der Waals surface area contributed by atoms with E-state index in [1.54, 1.807) is 0 Å². The lowest BCUT2D eigenvalue weighted by molar-refractivity contribution is -0.870. The number of carbonyl (C=O) groups excluding carboxylic acids is 3. The molecule has 0 heterocycles. The molecule has 0 aromatic heterocycles. The summed E-state index contributed by atoms with van der Waals surface area (Å²) >= 11 is 0. The molecule has 378 valence electrons. The standard InChI is InChI=1S/C58H93NO8/c1-6-8-10-12-14-16-18-20-22-24-25-26-27-28-29-30-31-33-35-37-39-41-43-45-47-49-56(61)67-54(53-66-58(57(62)63)64-51-50-59(3,4)5)52-65-55(60)48-46-44-42-40-38-36-34-32-23-21-19-17-15-13-11-9-7-2/h8-11,14-17,20-23,25-26,28-29,31,33,37,39,54,58H,6-7,12-13,18-19,24,27,30,32,34-36,38,40-53H2,1-5H3/b10-8-,11-9-,16-14-,17-15-,22-20-,23-21-,26-25-,29-28-,33-31-,39-37-. The average Bonchev–Trinajstić information content (AvgIpc) is 3.29. The van der Waals surface area contributed by atoms with Gasteiger partial charge in [-0.3, -0.25) is 9.59 Å². The van der Waals surface area contributed by atoms with Crippen molar-refractivity contribution in [2.75, 3.05) is 47.5 Å². The van der Waals surface area contributed by atoms with E-state index in [1.807, 2.05) is 21.1 Å². The lowest BCUT2D eigenvalue weighted by atomic mass is 10.1. The van der Waals surface area contributed by atoms with Crippen molar-refractivity contribution in [1.29, 1.82) is 0 Å². The van der Waals surface area contributed by atoms with E-state index in [-0.39, 0.29) is 38.6 Å². The summed E-state index contributed by atoms with van der Waals surface area (Å²) in [5.74, 6) is -2.36. The Labute approximate surface area is 408 Å². The van der Waals surface area contributed by atoms with E-state index in [1.165, 1.54) is 19.3 Å². The number of rotatable bonds is 45. The minimum absolute atomic E-state index is 0.131. The number of carbonyl (C=O) groups is 3. The van der Waals surface area contributed by atoms with E-state index in [9.17, 15) is 19.5 Å². The molecule has 0 aromatic carbocycles. The van der Waals surface area contributed by atoms with Crippen LogP contribution in [0.4, 0.5) is 0 Å². The molecule has 0 bridgehead atoms. The van der Waals surface area contributed by atoms with E-state index in [0.717, 1.165) is 116 Å². The van der Waals surface area contributed by atoms with E-state index in [0.29, 0.717) is 17.4 Å². The molecule has 0 aliphatic carbocycles. The summed E-state index contributed by atoms with van der Waals surface area (Å²) in [7, 11) is 5.89. The first-order valence-electron chi connectivity index (χ1n) is 25.7. The number of hydrogen-bond donors (Lipinski definition) is 0. The van der Waals surface area contributed by atoms with Crippen molar-refractivity contribution < 1.29 is 42.9 Å². The van der Waals surface area contributed by atoms with Crippen LogP contribution < -0.4 is 5.11 Å². The fourth-order valence-electron chi connectivity index (χ4n) is 6.29. The Bertz CT molecular complexity index is 1510. The highest BCUT2D eigenvalue weighted by Gasteiger charge is 2.21. The Hall–Kier alpha value is -4.31. The van der Waals surface area contributed by atoms with Gasteiger partial charge in [-0.05, 0) is 103 Å². The van der Waals surface area contributed by atoms with Crippen LogP contribution in [0.5, 0.6) is 0 Å². The van der Waals surface area contributed by atoms with Crippen LogP contribution in [-0.4, -0.2) is 82.3 Å². The van der Waals surface area contributed by atoms with Crippen LogP contribution in [0.25, 0.3) is 0 Å². The molecule has 0 rings (SSSR count). The van der Waals surface area contributed by atoms with Crippen molar-refractivity contribution in [2.24, 2.45) is 0 Å². The first-order valence-corrected chi connectivity index (χ1v) is 25.7. The molecule has 0 saturated heterocycles. The first kappa shape index (κ1) is 62.7. The van der Waals surface area contributed by atoms with Crippen LogP contribution >= 0.6 is 0 Å². The monoisotopic (exact) mass is 932 g/mol. The van der Waals surface area contributed by atoms with Gasteiger partial charge in [0, 0.05) is 12.8 Å². The molecule has 9 nitrogen and oxygen atoms in total. The number of likely N-dealkylation sites (N-methyl/N-ethyl adjacent to an activating group) is 1. The largest absolute Gasteiger partial charge is 0.545 e. The quantitative estimate of drug-likeness (QED) is 0.0195. The summed E-state index contributed by atoms with van der Waals surface area (Å²) in [5, 5.41) is 11.7. The third-order valence-corrected chi connectivity index (χ3v) is 10.2. The molecule has 0 aliphatic heterocycles. The fourth-order valence-corrected chi connectivity index (χ4v) is 6.29. The molecule has 0 aromatic rings. The number of unbranched alkanes of at least 4 members (excludes halogenated alkanes) is 10. The van der Waals surface area contributed by atoms with Gasteiger partial charge in [0.05, 0.1) is 40.3 Å². The van der Waals surface area contributed by atoms with Gasteiger partial charge in [-0.15, -0.1) is 0 Å². The summed E-state index contributed by atoms with van der Waals surface area (Å²) in [6.07, 6.45) is 63.7. The fraction of sp³-hybridized carbons (Fsp3) is 0.603. The van der Waals surface area contributed by atoms with Gasteiger partial charge in [0.2, 0.25) is 0 Å². The second-order valence-corrected chi connectivity index (χ2v) is 17.7. The maximum absolute atomic E-state index is 12.8. The normalized spacial score (nSPS) is 13.9. The van der Waals surface area contributed by atoms with Crippen LogP contribution in [0.15, 0.2) is 122 Å². The molecular formula is C58H93NO8. The highest BCUT2D eigenvalue weighted by Crippen LogP contribution is 2.12. The molecule has 0 saturated carbocycles. The third-order valence-electron chi connectivity index (χ3n) is 10.2. The smallest absolute Gasteiger partial charge is 0.306 e. The number of hydrogen-bond acceptors (Lipinski definition) is 8. The van der Waals surface area contributed by atoms with Crippen molar-refractivity contribution >= 4 is 17.9 Å². The Morgan fingerprint density at radius 3 is 1.21 bits per heavy atom. The zero-order valence-corrected chi connectivity index (χ0v) is 42.7. The number of allylic oxidation sites excluding steroid dienone is 20. The van der Waals surface area contributed by atoms with Gasteiger partial charge in [0.1, 0.15) is 13.2 Å². The Kier molecular flexibility index (Phi) is 45.1. The maximum Gasteiger partial charge on any atom is 0.306 e. The molecule has 2 unspecified atom stereocenters. The van der Waals surface area contributed by atoms with Crippen LogP contribution in [0, 0.1) is 0 Å². The van der Waals surface area contributed by atoms with Gasteiger partial charge < -0.3 is 33.3 Å². The van der Waals surface area contributed by atoms with Crippen LogP contribution in [0.3, 0.4) is 0 Å². The molecule has 9 heteroatoms. The second kappa shape index (κ2) is 48.2. The van der Waals surface area contributed by atoms with Gasteiger partial charge >= 0.3 is 11.9 Å². The van der Waals surface area contributed by atoms with Crippen LogP contribution in [-0.2, 0) is 33.3 Å². The molecular weight excluding hydrogens is 839 g/mol. The summed E-state index contributed by atoms with van der Waals surface area (Å²) < 4.78 is 22.6. The molecule has 0 fully saturated rings. The highest BCUT2D eigenvalue weighted by atomic mass is 16.7. The number of aliphatic carboxylic acids is 1. The van der Waals surface area contributed by atoms with Gasteiger partial charge in [0.25, 0.3) is 0 Å². The molecule has 0 radical (unpaired) electrons. The minimum atomic E-state index is -1.64. The molecule has 0 N–H and O–H groups in total. The lowest BCUT2D eigenvalue weighted by Crippen LogP contribution is -2.44. The predicted molar refractivity (Wildman–Crippen MR) is 278 cm³/mol. The Morgan fingerprint density at radius 1 is 0.448 bits per heavy atom.